The van der Waals surface area contributed by atoms with Crippen LogP contribution in [0.25, 0.3) is 6.08 Å². The standard InChI is InChI=1S/C24H27N5O4S/c1-32-19-9-7-17(8-10-19)5-3-11-28-15-18(29-16-21(26-27-29)24(31)33-2)13-22(28)23(30)25-14-20-6-4-12-34-20/h3-10,12,16,18,22H,11,13-15H2,1-2H3,(H,25,30)/b5-3+/t18-,22+/m1/s1. The third-order valence-corrected chi connectivity index (χ3v) is 6.62. The van der Waals surface area contributed by atoms with Gasteiger partial charge >= 0.3 is 5.97 Å². The number of thiophene rings is 1. The lowest BCUT2D eigenvalue weighted by atomic mass is 10.1. The Morgan fingerprint density at radius 3 is 2.76 bits per heavy atom. The Kier molecular flexibility index (Phi) is 7.71. The zero-order valence-electron chi connectivity index (χ0n) is 19.1. The van der Waals surface area contributed by atoms with Gasteiger partial charge in [0.15, 0.2) is 5.69 Å². The topological polar surface area (TPSA) is 98.6 Å². The number of rotatable bonds is 9. The van der Waals surface area contributed by atoms with E-state index in [-0.39, 0.29) is 23.7 Å². The lowest BCUT2D eigenvalue weighted by Crippen LogP contribution is -2.42. The van der Waals surface area contributed by atoms with Crippen molar-refractivity contribution in [1.82, 2.24) is 25.2 Å². The molecule has 2 aromatic heterocycles. The smallest absolute Gasteiger partial charge is 0.360 e. The van der Waals surface area contributed by atoms with Gasteiger partial charge in [-0.2, -0.15) is 0 Å². The number of amides is 1. The summed E-state index contributed by atoms with van der Waals surface area (Å²) in [6.45, 7) is 1.70. The largest absolute Gasteiger partial charge is 0.497 e. The van der Waals surface area contributed by atoms with Crippen molar-refractivity contribution in [3.63, 3.8) is 0 Å². The van der Waals surface area contributed by atoms with E-state index in [2.05, 4.69) is 20.5 Å². The first-order valence-electron chi connectivity index (χ1n) is 10.9. The second-order valence-electron chi connectivity index (χ2n) is 7.91. The molecule has 1 aliphatic heterocycles. The molecule has 0 spiro atoms. The monoisotopic (exact) mass is 481 g/mol. The Bertz CT molecular complexity index is 1130. The third kappa shape index (κ3) is 5.70. The molecule has 0 unspecified atom stereocenters. The lowest BCUT2D eigenvalue weighted by molar-refractivity contribution is -0.125. The molecule has 34 heavy (non-hydrogen) atoms. The van der Waals surface area contributed by atoms with Crippen molar-refractivity contribution < 1.29 is 19.1 Å². The molecule has 1 N–H and O–H groups in total. The fraction of sp³-hybridized carbons (Fsp3) is 0.333. The Balaban J connectivity index is 1.45. The van der Waals surface area contributed by atoms with Gasteiger partial charge in [0.25, 0.3) is 0 Å². The third-order valence-electron chi connectivity index (χ3n) is 5.75. The van der Waals surface area contributed by atoms with Crippen molar-refractivity contribution in [2.24, 2.45) is 0 Å². The van der Waals surface area contributed by atoms with Crippen LogP contribution in [0.5, 0.6) is 5.75 Å². The number of aromatic nitrogens is 3. The highest BCUT2D eigenvalue weighted by Gasteiger charge is 2.37. The van der Waals surface area contributed by atoms with Crippen LogP contribution in [-0.2, 0) is 16.1 Å². The highest BCUT2D eigenvalue weighted by molar-refractivity contribution is 7.09. The van der Waals surface area contributed by atoms with Crippen molar-refractivity contribution in [3.05, 3.63) is 70.2 Å². The van der Waals surface area contributed by atoms with E-state index in [4.69, 9.17) is 9.47 Å². The number of carbonyl (C=O) groups is 2. The van der Waals surface area contributed by atoms with Crippen molar-refractivity contribution in [2.45, 2.75) is 25.0 Å². The van der Waals surface area contributed by atoms with Gasteiger partial charge in [0.1, 0.15) is 5.75 Å². The van der Waals surface area contributed by atoms with Crippen molar-refractivity contribution in [1.29, 1.82) is 0 Å². The maximum atomic E-state index is 13.1. The predicted octanol–water partition coefficient (Wildman–Crippen LogP) is 2.78. The van der Waals surface area contributed by atoms with Crippen LogP contribution in [0.3, 0.4) is 0 Å². The van der Waals surface area contributed by atoms with Crippen LogP contribution in [-0.4, -0.2) is 65.1 Å². The molecule has 3 heterocycles. The van der Waals surface area contributed by atoms with E-state index in [1.807, 2.05) is 53.9 Å². The maximum Gasteiger partial charge on any atom is 0.360 e. The summed E-state index contributed by atoms with van der Waals surface area (Å²) in [4.78, 5) is 28.1. The number of esters is 1. The minimum Gasteiger partial charge on any atom is -0.497 e. The average Bonchev–Trinajstić information content (AvgIpc) is 3.63. The van der Waals surface area contributed by atoms with Crippen LogP contribution in [0.2, 0.25) is 0 Å². The Labute approximate surface area is 202 Å². The van der Waals surface area contributed by atoms with Crippen LogP contribution >= 0.6 is 11.3 Å². The molecule has 10 heteroatoms. The molecule has 0 radical (unpaired) electrons. The molecule has 0 saturated carbocycles. The highest BCUT2D eigenvalue weighted by atomic mass is 32.1. The van der Waals surface area contributed by atoms with Crippen LogP contribution in [0.15, 0.2) is 54.1 Å². The van der Waals surface area contributed by atoms with Gasteiger partial charge in [-0.3, -0.25) is 9.69 Å². The van der Waals surface area contributed by atoms with Gasteiger partial charge in [-0.05, 0) is 35.6 Å². The van der Waals surface area contributed by atoms with Crippen molar-refractivity contribution in [3.8, 4) is 5.75 Å². The number of nitrogens with one attached hydrogen (secondary N) is 1. The van der Waals surface area contributed by atoms with E-state index in [1.165, 1.54) is 7.11 Å². The fourth-order valence-electron chi connectivity index (χ4n) is 3.94. The van der Waals surface area contributed by atoms with E-state index in [0.29, 0.717) is 26.1 Å². The molecule has 9 nitrogen and oxygen atoms in total. The first-order valence-corrected chi connectivity index (χ1v) is 11.8. The molecule has 4 rings (SSSR count). The van der Waals surface area contributed by atoms with Gasteiger partial charge in [0.05, 0.1) is 39.0 Å². The molecular formula is C24H27N5O4S. The number of hydrogen-bond acceptors (Lipinski definition) is 8. The molecule has 1 fully saturated rings. The number of methoxy groups -OCH3 is 2. The quantitative estimate of drug-likeness (QED) is 0.469. The molecule has 3 aromatic rings. The van der Waals surface area contributed by atoms with Gasteiger partial charge < -0.3 is 14.8 Å². The molecule has 1 aliphatic rings. The lowest BCUT2D eigenvalue weighted by Gasteiger charge is -2.21. The zero-order valence-corrected chi connectivity index (χ0v) is 19.9. The normalized spacial score (nSPS) is 18.3. The Morgan fingerprint density at radius 2 is 2.06 bits per heavy atom. The van der Waals surface area contributed by atoms with Crippen molar-refractivity contribution >= 4 is 29.3 Å². The first kappa shape index (κ1) is 23.7. The Hall–Kier alpha value is -3.50. The predicted molar refractivity (Wildman–Crippen MR) is 129 cm³/mol. The minimum absolute atomic E-state index is 0.0259. The van der Waals surface area contributed by atoms with Crippen LogP contribution in [0.1, 0.15) is 33.4 Å². The van der Waals surface area contributed by atoms with Crippen LogP contribution in [0.4, 0.5) is 0 Å². The molecule has 0 bridgehead atoms. The molecule has 0 aliphatic carbocycles. The number of benzene rings is 1. The summed E-state index contributed by atoms with van der Waals surface area (Å²) < 4.78 is 11.6. The number of carbonyl (C=O) groups excluding carboxylic acids is 2. The number of ether oxygens (including phenoxy) is 2. The second-order valence-corrected chi connectivity index (χ2v) is 8.94. The van der Waals surface area contributed by atoms with E-state index < -0.39 is 5.97 Å². The molecule has 1 amide bonds. The number of hydrogen-bond donors (Lipinski definition) is 1. The summed E-state index contributed by atoms with van der Waals surface area (Å²) in [5, 5.41) is 13.1. The maximum absolute atomic E-state index is 13.1. The molecule has 1 aromatic carbocycles. The summed E-state index contributed by atoms with van der Waals surface area (Å²) in [5.41, 5.74) is 1.20. The Morgan fingerprint density at radius 1 is 1.24 bits per heavy atom. The van der Waals surface area contributed by atoms with Gasteiger partial charge in [-0.25, -0.2) is 9.48 Å². The van der Waals surface area contributed by atoms with Crippen LogP contribution in [0, 0.1) is 0 Å². The second kappa shape index (κ2) is 11.1. The van der Waals surface area contributed by atoms with E-state index in [9.17, 15) is 9.59 Å². The summed E-state index contributed by atoms with van der Waals surface area (Å²) >= 11 is 1.61. The number of nitrogens with zero attached hydrogens (tertiary/aromatic N) is 4. The molecule has 178 valence electrons. The van der Waals surface area contributed by atoms with Crippen molar-refractivity contribution in [2.75, 3.05) is 27.3 Å². The summed E-state index contributed by atoms with van der Waals surface area (Å²) in [6.07, 6.45) is 6.22. The summed E-state index contributed by atoms with van der Waals surface area (Å²) in [5.74, 6) is 0.247. The average molecular weight is 482 g/mol. The zero-order chi connectivity index (χ0) is 23.9. The number of likely N-dealkylation sites (tertiary alicyclic amines) is 1. The SMILES string of the molecule is COC(=O)c1cn([C@@H]2C[C@@H](C(=O)NCc3cccs3)N(C/C=C/c3ccc(OC)cc3)C2)nn1. The van der Waals surface area contributed by atoms with Gasteiger partial charge in [-0.15, -0.1) is 16.4 Å². The summed E-state index contributed by atoms with van der Waals surface area (Å²) in [7, 11) is 2.95. The van der Waals surface area contributed by atoms with Gasteiger partial charge in [-0.1, -0.05) is 35.6 Å². The van der Waals surface area contributed by atoms with Gasteiger partial charge in [0, 0.05) is 18.0 Å². The highest BCUT2D eigenvalue weighted by Crippen LogP contribution is 2.27. The van der Waals surface area contributed by atoms with Crippen LogP contribution < -0.4 is 10.1 Å². The summed E-state index contributed by atoms with van der Waals surface area (Å²) in [6, 6.07) is 11.4. The molecule has 1 saturated heterocycles. The van der Waals surface area contributed by atoms with E-state index in [1.54, 1.807) is 29.3 Å². The molecule has 2 atom stereocenters. The van der Waals surface area contributed by atoms with E-state index >= 15 is 0 Å². The fourth-order valence-corrected chi connectivity index (χ4v) is 4.59. The van der Waals surface area contributed by atoms with Gasteiger partial charge in [0.2, 0.25) is 5.91 Å². The van der Waals surface area contributed by atoms with E-state index in [0.717, 1.165) is 16.2 Å². The minimum atomic E-state index is -0.534. The molecular weight excluding hydrogens is 454 g/mol. The first-order chi connectivity index (χ1) is 16.6.